The largest absolute Gasteiger partial charge is 0.375 e. The molecule has 1 aliphatic heterocycles. The molecule has 0 unspecified atom stereocenters. The third-order valence-corrected chi connectivity index (χ3v) is 5.16. The molecular formula is C22H25N5O2. The van der Waals surface area contributed by atoms with Crippen molar-refractivity contribution in [3.8, 4) is 11.4 Å². The summed E-state index contributed by atoms with van der Waals surface area (Å²) in [5, 5.41) is 0. The fourth-order valence-corrected chi connectivity index (χ4v) is 3.85. The van der Waals surface area contributed by atoms with Gasteiger partial charge in [-0.05, 0) is 11.6 Å². The van der Waals surface area contributed by atoms with E-state index in [1.807, 2.05) is 18.2 Å². The zero-order chi connectivity index (χ0) is 20.4. The van der Waals surface area contributed by atoms with Gasteiger partial charge >= 0.3 is 0 Å². The Hall–Kier alpha value is -3.06. The van der Waals surface area contributed by atoms with Gasteiger partial charge in [0.05, 0.1) is 24.0 Å². The topological polar surface area (TPSA) is 73.1 Å². The zero-order valence-electron chi connectivity index (χ0n) is 16.9. The average Bonchev–Trinajstić information content (AvgIpc) is 2.73. The molecule has 150 valence electrons. The molecule has 0 spiro atoms. The van der Waals surface area contributed by atoms with Crippen LogP contribution in [0.3, 0.4) is 0 Å². The summed E-state index contributed by atoms with van der Waals surface area (Å²) in [5.41, 5.74) is 2.15. The highest BCUT2D eigenvalue weighted by atomic mass is 16.5. The number of ether oxygens (including phenoxy) is 1. The van der Waals surface area contributed by atoms with Gasteiger partial charge in [-0.25, -0.2) is 15.0 Å². The Morgan fingerprint density at radius 3 is 2.62 bits per heavy atom. The van der Waals surface area contributed by atoms with E-state index in [1.165, 1.54) is 6.33 Å². The van der Waals surface area contributed by atoms with E-state index >= 15 is 0 Å². The Kier molecular flexibility index (Phi) is 5.15. The molecule has 3 aromatic rings. The number of rotatable bonds is 5. The summed E-state index contributed by atoms with van der Waals surface area (Å²) in [7, 11) is 1.71. The van der Waals surface area contributed by atoms with Crippen LogP contribution in [0.2, 0.25) is 0 Å². The van der Waals surface area contributed by atoms with Crippen molar-refractivity contribution in [2.45, 2.75) is 26.5 Å². The van der Waals surface area contributed by atoms with Crippen molar-refractivity contribution in [1.82, 2.24) is 19.5 Å². The van der Waals surface area contributed by atoms with Crippen LogP contribution in [0, 0.1) is 5.41 Å². The Labute approximate surface area is 170 Å². The number of fused-ring (bicyclic) bond motifs is 1. The molecule has 3 heterocycles. The number of anilines is 1. The van der Waals surface area contributed by atoms with Crippen LogP contribution in [0.5, 0.6) is 0 Å². The predicted octanol–water partition coefficient (Wildman–Crippen LogP) is 2.93. The summed E-state index contributed by atoms with van der Waals surface area (Å²) in [6.07, 6.45) is 2.99. The molecule has 0 bridgehead atoms. The van der Waals surface area contributed by atoms with Crippen LogP contribution < -0.4 is 10.5 Å². The van der Waals surface area contributed by atoms with Crippen LogP contribution in [-0.2, 0) is 11.3 Å². The molecule has 0 N–H and O–H groups in total. The number of hydrogen-bond donors (Lipinski definition) is 0. The van der Waals surface area contributed by atoms with E-state index in [9.17, 15) is 4.79 Å². The number of nitrogens with zero attached hydrogens (tertiary/aromatic N) is 5. The highest BCUT2D eigenvalue weighted by molar-refractivity contribution is 5.55. The van der Waals surface area contributed by atoms with Crippen molar-refractivity contribution in [3.63, 3.8) is 0 Å². The van der Waals surface area contributed by atoms with Crippen molar-refractivity contribution in [2.75, 3.05) is 25.1 Å². The summed E-state index contributed by atoms with van der Waals surface area (Å²) >= 11 is 0. The van der Waals surface area contributed by atoms with Crippen molar-refractivity contribution in [3.05, 3.63) is 70.9 Å². The van der Waals surface area contributed by atoms with Gasteiger partial charge in [-0.2, -0.15) is 0 Å². The van der Waals surface area contributed by atoms with Gasteiger partial charge in [0.25, 0.3) is 5.56 Å². The van der Waals surface area contributed by atoms with Gasteiger partial charge < -0.3 is 9.64 Å². The van der Waals surface area contributed by atoms with E-state index in [-0.39, 0.29) is 17.1 Å². The van der Waals surface area contributed by atoms with Gasteiger partial charge in [0, 0.05) is 37.9 Å². The molecule has 0 saturated carbocycles. The number of methoxy groups -OCH3 is 1. The number of aromatic nitrogens is 4. The normalized spacial score (nSPS) is 16.3. The van der Waals surface area contributed by atoms with Gasteiger partial charge in [-0.3, -0.25) is 9.36 Å². The van der Waals surface area contributed by atoms with Crippen molar-refractivity contribution in [1.29, 1.82) is 0 Å². The van der Waals surface area contributed by atoms with Crippen LogP contribution in [0.15, 0.2) is 59.8 Å². The monoisotopic (exact) mass is 391 g/mol. The molecular weight excluding hydrogens is 366 g/mol. The quantitative estimate of drug-likeness (QED) is 0.666. The lowest BCUT2D eigenvalue weighted by Gasteiger charge is -2.41. The Balaban J connectivity index is 1.76. The first kappa shape index (κ1) is 19.3. The Bertz CT molecular complexity index is 1030. The van der Waals surface area contributed by atoms with Gasteiger partial charge in [-0.1, -0.05) is 44.2 Å². The van der Waals surface area contributed by atoms with E-state index in [2.05, 4.69) is 40.8 Å². The molecule has 4 rings (SSSR count). The van der Waals surface area contributed by atoms with E-state index < -0.39 is 0 Å². The van der Waals surface area contributed by atoms with Crippen LogP contribution in [-0.4, -0.2) is 39.7 Å². The van der Waals surface area contributed by atoms with Gasteiger partial charge in [0.15, 0.2) is 0 Å². The SMILES string of the molecule is CO[C@@H](CN1CC(C)(C)Cn2c1nc(-c1ccncn1)cc2=O)c1ccccc1. The van der Waals surface area contributed by atoms with E-state index in [0.29, 0.717) is 30.4 Å². The molecule has 1 aromatic carbocycles. The Morgan fingerprint density at radius 2 is 1.93 bits per heavy atom. The number of hydrogen-bond acceptors (Lipinski definition) is 6. The lowest BCUT2D eigenvalue weighted by molar-refractivity contribution is 0.103. The first-order valence-corrected chi connectivity index (χ1v) is 9.68. The minimum Gasteiger partial charge on any atom is -0.375 e. The maximum absolute atomic E-state index is 12.9. The third kappa shape index (κ3) is 4.05. The maximum Gasteiger partial charge on any atom is 0.255 e. The molecule has 7 heteroatoms. The summed E-state index contributed by atoms with van der Waals surface area (Å²) in [4.78, 5) is 28.1. The smallest absolute Gasteiger partial charge is 0.255 e. The average molecular weight is 391 g/mol. The van der Waals surface area contributed by atoms with Gasteiger partial charge in [0.2, 0.25) is 5.95 Å². The second kappa shape index (κ2) is 7.75. The second-order valence-corrected chi connectivity index (χ2v) is 8.14. The summed E-state index contributed by atoms with van der Waals surface area (Å²) < 4.78 is 7.55. The summed E-state index contributed by atoms with van der Waals surface area (Å²) in [6.45, 7) is 6.33. The van der Waals surface area contributed by atoms with Crippen LogP contribution in [0.1, 0.15) is 25.5 Å². The number of benzene rings is 1. The fraction of sp³-hybridized carbons (Fsp3) is 0.364. The van der Waals surface area contributed by atoms with E-state index in [0.717, 1.165) is 12.1 Å². The predicted molar refractivity (Wildman–Crippen MR) is 112 cm³/mol. The molecule has 0 saturated heterocycles. The van der Waals surface area contributed by atoms with Crippen LogP contribution in [0.4, 0.5) is 5.95 Å². The molecule has 1 aliphatic rings. The van der Waals surface area contributed by atoms with E-state index in [4.69, 9.17) is 9.72 Å². The highest BCUT2D eigenvalue weighted by Crippen LogP contribution is 2.32. The maximum atomic E-state index is 12.9. The molecule has 0 aliphatic carbocycles. The molecule has 7 nitrogen and oxygen atoms in total. The van der Waals surface area contributed by atoms with Crippen molar-refractivity contribution < 1.29 is 4.74 Å². The standard InChI is InChI=1S/C22H25N5O2/c1-22(2)13-26(12-19(29-3)16-7-5-4-6-8-16)21-25-18(11-20(28)27(21)14-22)17-9-10-23-15-24-17/h4-11,15,19H,12-14H2,1-3H3/t19-/m0/s1. The highest BCUT2D eigenvalue weighted by Gasteiger charge is 2.33. The molecule has 0 amide bonds. The Morgan fingerprint density at radius 1 is 1.14 bits per heavy atom. The lowest BCUT2D eigenvalue weighted by atomic mass is 9.90. The second-order valence-electron chi connectivity index (χ2n) is 8.14. The summed E-state index contributed by atoms with van der Waals surface area (Å²) in [6, 6.07) is 13.4. The van der Waals surface area contributed by atoms with Gasteiger partial charge in [0.1, 0.15) is 6.33 Å². The zero-order valence-corrected chi connectivity index (χ0v) is 16.9. The molecule has 0 radical (unpaired) electrons. The molecule has 2 aromatic heterocycles. The van der Waals surface area contributed by atoms with E-state index in [1.54, 1.807) is 30.0 Å². The van der Waals surface area contributed by atoms with Gasteiger partial charge in [-0.15, -0.1) is 0 Å². The summed E-state index contributed by atoms with van der Waals surface area (Å²) in [5.74, 6) is 0.656. The molecule has 0 fully saturated rings. The fourth-order valence-electron chi connectivity index (χ4n) is 3.85. The van der Waals surface area contributed by atoms with Crippen LogP contribution in [0.25, 0.3) is 11.4 Å². The molecule has 1 atom stereocenters. The lowest BCUT2D eigenvalue weighted by Crippen LogP contribution is -2.48. The minimum absolute atomic E-state index is 0.0656. The van der Waals surface area contributed by atoms with Crippen molar-refractivity contribution >= 4 is 5.95 Å². The first-order valence-electron chi connectivity index (χ1n) is 9.68. The minimum atomic E-state index is -0.127. The van der Waals surface area contributed by atoms with Crippen molar-refractivity contribution in [2.24, 2.45) is 5.41 Å². The van der Waals surface area contributed by atoms with Crippen LogP contribution >= 0.6 is 0 Å². The molecule has 29 heavy (non-hydrogen) atoms. The first-order chi connectivity index (χ1) is 14.0. The third-order valence-electron chi connectivity index (χ3n) is 5.16.